The van der Waals surface area contributed by atoms with Crippen molar-refractivity contribution in [3.63, 3.8) is 0 Å². The Hall–Kier alpha value is -0.950. The van der Waals surface area contributed by atoms with Crippen molar-refractivity contribution in [3.8, 4) is 5.75 Å². The average Bonchev–Trinajstić information content (AvgIpc) is 2.30. The number of aryl methyl sites for hydroxylation is 1. The minimum atomic E-state index is 0.753. The van der Waals surface area contributed by atoms with Gasteiger partial charge in [0.2, 0.25) is 0 Å². The van der Waals surface area contributed by atoms with E-state index >= 15 is 0 Å². The zero-order valence-corrected chi connectivity index (χ0v) is 11.7. The summed E-state index contributed by atoms with van der Waals surface area (Å²) in [5, 5.41) is 0.824. The standard InChI is InChI=1S/C15H21ClO/c1-5-7-8-13-12(4)14(16)10-11(3)15(13)17-9-6-2/h5,10H,1,6-9H2,2-4H3. The van der Waals surface area contributed by atoms with Crippen LogP contribution in [-0.4, -0.2) is 6.61 Å². The number of benzene rings is 1. The molecule has 0 spiro atoms. The normalized spacial score (nSPS) is 10.4. The molecule has 0 fully saturated rings. The van der Waals surface area contributed by atoms with E-state index in [1.54, 1.807) is 0 Å². The van der Waals surface area contributed by atoms with Crippen LogP contribution in [0.4, 0.5) is 0 Å². The molecule has 1 rings (SSSR count). The van der Waals surface area contributed by atoms with Crippen molar-refractivity contribution in [2.24, 2.45) is 0 Å². The van der Waals surface area contributed by atoms with E-state index < -0.39 is 0 Å². The second-order valence-corrected chi connectivity index (χ2v) is 4.69. The Morgan fingerprint density at radius 1 is 1.41 bits per heavy atom. The summed E-state index contributed by atoms with van der Waals surface area (Å²) < 4.78 is 5.86. The minimum Gasteiger partial charge on any atom is -0.493 e. The molecule has 1 aromatic rings. The van der Waals surface area contributed by atoms with E-state index in [2.05, 4.69) is 20.4 Å². The highest BCUT2D eigenvalue weighted by molar-refractivity contribution is 6.31. The van der Waals surface area contributed by atoms with Gasteiger partial charge in [-0.05, 0) is 55.9 Å². The summed E-state index contributed by atoms with van der Waals surface area (Å²) in [5.74, 6) is 1.01. The number of hydrogen-bond donors (Lipinski definition) is 0. The van der Waals surface area contributed by atoms with Gasteiger partial charge in [-0.1, -0.05) is 24.6 Å². The Bertz CT molecular complexity index is 396. The molecule has 1 nitrogen and oxygen atoms in total. The molecular weight excluding hydrogens is 232 g/mol. The molecule has 94 valence electrons. The summed E-state index contributed by atoms with van der Waals surface area (Å²) in [6.07, 6.45) is 4.83. The Morgan fingerprint density at radius 2 is 2.12 bits per heavy atom. The first-order valence-corrected chi connectivity index (χ1v) is 6.51. The van der Waals surface area contributed by atoms with E-state index in [1.807, 2.05) is 19.1 Å². The van der Waals surface area contributed by atoms with Crippen LogP contribution in [0.1, 0.15) is 36.5 Å². The van der Waals surface area contributed by atoms with Gasteiger partial charge in [-0.15, -0.1) is 6.58 Å². The molecule has 0 saturated heterocycles. The van der Waals surface area contributed by atoms with Crippen molar-refractivity contribution in [1.82, 2.24) is 0 Å². The molecule has 0 aliphatic rings. The first-order valence-electron chi connectivity index (χ1n) is 6.14. The lowest BCUT2D eigenvalue weighted by molar-refractivity contribution is 0.312. The fourth-order valence-electron chi connectivity index (χ4n) is 1.87. The fraction of sp³-hybridized carbons (Fsp3) is 0.467. The highest BCUT2D eigenvalue weighted by atomic mass is 35.5. The van der Waals surface area contributed by atoms with Gasteiger partial charge in [0.05, 0.1) is 6.61 Å². The number of halogens is 1. The minimum absolute atomic E-state index is 0.753. The van der Waals surface area contributed by atoms with Crippen LogP contribution in [0.5, 0.6) is 5.75 Å². The Kier molecular flexibility index (Phi) is 5.57. The second-order valence-electron chi connectivity index (χ2n) is 4.28. The first-order chi connectivity index (χ1) is 8.11. The lowest BCUT2D eigenvalue weighted by Crippen LogP contribution is -2.03. The van der Waals surface area contributed by atoms with E-state index in [1.165, 1.54) is 5.56 Å². The molecule has 0 unspecified atom stereocenters. The van der Waals surface area contributed by atoms with Gasteiger partial charge < -0.3 is 4.74 Å². The number of hydrogen-bond acceptors (Lipinski definition) is 1. The van der Waals surface area contributed by atoms with Crippen LogP contribution in [0.15, 0.2) is 18.7 Å². The molecule has 2 heteroatoms. The molecule has 0 bridgehead atoms. The second kappa shape index (κ2) is 6.70. The van der Waals surface area contributed by atoms with Crippen molar-refractivity contribution < 1.29 is 4.74 Å². The van der Waals surface area contributed by atoms with Crippen molar-refractivity contribution in [2.45, 2.75) is 40.0 Å². The molecule has 1 aromatic carbocycles. The number of allylic oxidation sites excluding steroid dienone is 1. The molecule has 17 heavy (non-hydrogen) atoms. The quantitative estimate of drug-likeness (QED) is 0.657. The van der Waals surface area contributed by atoms with Crippen molar-refractivity contribution in [1.29, 1.82) is 0 Å². The molecule has 0 saturated carbocycles. The van der Waals surface area contributed by atoms with Crippen molar-refractivity contribution in [3.05, 3.63) is 40.4 Å². The maximum atomic E-state index is 6.22. The van der Waals surface area contributed by atoms with Crippen LogP contribution in [0.2, 0.25) is 5.02 Å². The third-order valence-corrected chi connectivity index (χ3v) is 3.23. The van der Waals surface area contributed by atoms with Gasteiger partial charge >= 0.3 is 0 Å². The lowest BCUT2D eigenvalue weighted by atomic mass is 9.99. The van der Waals surface area contributed by atoms with Gasteiger partial charge in [0.15, 0.2) is 0 Å². The van der Waals surface area contributed by atoms with Gasteiger partial charge in [-0.3, -0.25) is 0 Å². The van der Waals surface area contributed by atoms with Crippen LogP contribution in [0.25, 0.3) is 0 Å². The predicted octanol–water partition coefficient (Wildman–Crippen LogP) is 4.86. The SMILES string of the molecule is C=CCCc1c(C)c(Cl)cc(C)c1OCCC. The smallest absolute Gasteiger partial charge is 0.125 e. The monoisotopic (exact) mass is 252 g/mol. The summed E-state index contributed by atoms with van der Waals surface area (Å²) in [6.45, 7) is 10.7. The maximum absolute atomic E-state index is 6.22. The third-order valence-electron chi connectivity index (χ3n) is 2.84. The van der Waals surface area contributed by atoms with Gasteiger partial charge in [0.25, 0.3) is 0 Å². The maximum Gasteiger partial charge on any atom is 0.125 e. The van der Waals surface area contributed by atoms with Crippen LogP contribution in [0.3, 0.4) is 0 Å². The van der Waals surface area contributed by atoms with Gasteiger partial charge in [-0.25, -0.2) is 0 Å². The fourth-order valence-corrected chi connectivity index (χ4v) is 2.15. The van der Waals surface area contributed by atoms with Crippen molar-refractivity contribution >= 4 is 11.6 Å². The van der Waals surface area contributed by atoms with E-state index in [-0.39, 0.29) is 0 Å². The molecule has 0 atom stereocenters. The highest BCUT2D eigenvalue weighted by Gasteiger charge is 2.13. The summed E-state index contributed by atoms with van der Waals surface area (Å²) >= 11 is 6.22. The first kappa shape index (κ1) is 14.1. The van der Waals surface area contributed by atoms with Gasteiger partial charge in [0.1, 0.15) is 5.75 Å². The third kappa shape index (κ3) is 3.50. The molecule has 0 N–H and O–H groups in total. The summed E-state index contributed by atoms with van der Waals surface area (Å²) in [4.78, 5) is 0. The molecule has 0 aliphatic carbocycles. The Balaban J connectivity index is 3.13. The lowest BCUT2D eigenvalue weighted by Gasteiger charge is -2.17. The molecule has 0 radical (unpaired) electrons. The number of rotatable bonds is 6. The zero-order chi connectivity index (χ0) is 12.8. The van der Waals surface area contributed by atoms with E-state index in [0.29, 0.717) is 0 Å². The predicted molar refractivity (Wildman–Crippen MR) is 75.2 cm³/mol. The molecule has 0 aliphatic heterocycles. The van der Waals surface area contributed by atoms with Crippen LogP contribution in [-0.2, 0) is 6.42 Å². The Morgan fingerprint density at radius 3 is 2.71 bits per heavy atom. The van der Waals surface area contributed by atoms with Crippen LogP contribution in [0, 0.1) is 13.8 Å². The molecular formula is C15H21ClO. The Labute approximate surface area is 109 Å². The topological polar surface area (TPSA) is 9.23 Å². The molecule has 0 amide bonds. The number of ether oxygens (including phenoxy) is 1. The summed E-state index contributed by atoms with van der Waals surface area (Å²) in [6, 6.07) is 1.99. The molecule has 0 heterocycles. The van der Waals surface area contributed by atoms with Gasteiger partial charge in [0, 0.05) is 5.02 Å². The molecule has 0 aromatic heterocycles. The summed E-state index contributed by atoms with van der Waals surface area (Å²) in [7, 11) is 0. The van der Waals surface area contributed by atoms with Crippen LogP contribution < -0.4 is 4.74 Å². The zero-order valence-electron chi connectivity index (χ0n) is 11.0. The average molecular weight is 253 g/mol. The summed E-state index contributed by atoms with van der Waals surface area (Å²) in [5.41, 5.74) is 3.47. The largest absolute Gasteiger partial charge is 0.493 e. The van der Waals surface area contributed by atoms with E-state index in [4.69, 9.17) is 16.3 Å². The van der Waals surface area contributed by atoms with Crippen LogP contribution >= 0.6 is 11.6 Å². The van der Waals surface area contributed by atoms with Gasteiger partial charge in [-0.2, -0.15) is 0 Å². The van der Waals surface area contributed by atoms with E-state index in [9.17, 15) is 0 Å². The van der Waals surface area contributed by atoms with Crippen molar-refractivity contribution in [2.75, 3.05) is 6.61 Å². The van der Waals surface area contributed by atoms with E-state index in [0.717, 1.165) is 47.8 Å². The highest BCUT2D eigenvalue weighted by Crippen LogP contribution is 2.33.